The van der Waals surface area contributed by atoms with Gasteiger partial charge in [0, 0.05) is 12.8 Å². The van der Waals surface area contributed by atoms with Crippen LogP contribution in [0, 0.1) is 5.82 Å². The maximum atomic E-state index is 12.9. The summed E-state index contributed by atoms with van der Waals surface area (Å²) in [5.74, 6) is 0.285. The monoisotopic (exact) mass is 399 g/mol. The van der Waals surface area contributed by atoms with E-state index in [4.69, 9.17) is 4.74 Å². The van der Waals surface area contributed by atoms with Crippen molar-refractivity contribution in [1.82, 2.24) is 5.32 Å². The average molecular weight is 399 g/mol. The Bertz CT molecular complexity index is 1080. The minimum Gasteiger partial charge on any atom is -0.457 e. The Balaban J connectivity index is 1.64. The number of rotatable bonds is 6. The third kappa shape index (κ3) is 4.95. The maximum Gasteiger partial charge on any atom is 0.252 e. The van der Waals surface area contributed by atoms with E-state index in [1.165, 1.54) is 36.4 Å². The number of benzene rings is 3. The standard InChI is InChI=1S/C21H18FNO4S/c1-28(25,26)20-5-3-2-4-19(20)21(24)23-14-15-6-10-17(11-7-15)27-18-12-8-16(22)9-13-18/h2-13H,14H2,1H3,(H,23,24). The maximum absolute atomic E-state index is 12.9. The highest BCUT2D eigenvalue weighted by molar-refractivity contribution is 7.90. The molecule has 1 N–H and O–H groups in total. The number of nitrogens with one attached hydrogen (secondary N) is 1. The molecule has 0 radical (unpaired) electrons. The molecule has 5 nitrogen and oxygen atoms in total. The minimum absolute atomic E-state index is 0.00412. The SMILES string of the molecule is CS(=O)(=O)c1ccccc1C(=O)NCc1ccc(Oc2ccc(F)cc2)cc1. The van der Waals surface area contributed by atoms with E-state index in [1.807, 2.05) is 0 Å². The summed E-state index contributed by atoms with van der Waals surface area (Å²) in [6.45, 7) is 0.230. The summed E-state index contributed by atoms with van der Waals surface area (Å²) < 4.78 is 42.2. The summed E-state index contributed by atoms with van der Waals surface area (Å²) in [7, 11) is -3.50. The second kappa shape index (κ2) is 8.22. The van der Waals surface area contributed by atoms with Gasteiger partial charge in [0.2, 0.25) is 0 Å². The normalized spacial score (nSPS) is 11.1. The largest absolute Gasteiger partial charge is 0.457 e. The van der Waals surface area contributed by atoms with Crippen molar-refractivity contribution in [2.45, 2.75) is 11.4 Å². The number of ether oxygens (including phenoxy) is 1. The Labute approximate surface area is 162 Å². The second-order valence-electron chi connectivity index (χ2n) is 6.15. The van der Waals surface area contributed by atoms with Crippen LogP contribution in [0.2, 0.25) is 0 Å². The second-order valence-corrected chi connectivity index (χ2v) is 8.14. The summed E-state index contributed by atoms with van der Waals surface area (Å²) in [4.78, 5) is 12.4. The lowest BCUT2D eigenvalue weighted by molar-refractivity contribution is 0.0947. The fourth-order valence-electron chi connectivity index (χ4n) is 2.57. The zero-order valence-electron chi connectivity index (χ0n) is 15.1. The van der Waals surface area contributed by atoms with E-state index in [-0.39, 0.29) is 22.8 Å². The van der Waals surface area contributed by atoms with Crippen LogP contribution in [0.3, 0.4) is 0 Å². The molecular weight excluding hydrogens is 381 g/mol. The van der Waals surface area contributed by atoms with E-state index in [0.717, 1.165) is 11.8 Å². The summed E-state index contributed by atoms with van der Waals surface area (Å²) in [6.07, 6.45) is 1.07. The van der Waals surface area contributed by atoms with Crippen LogP contribution in [0.5, 0.6) is 11.5 Å². The van der Waals surface area contributed by atoms with Crippen molar-refractivity contribution in [3.63, 3.8) is 0 Å². The first kappa shape index (κ1) is 19.6. The summed E-state index contributed by atoms with van der Waals surface area (Å²) >= 11 is 0. The molecule has 1 amide bonds. The molecule has 3 aromatic carbocycles. The van der Waals surface area contributed by atoms with Gasteiger partial charge in [-0.25, -0.2) is 12.8 Å². The van der Waals surface area contributed by atoms with Crippen molar-refractivity contribution in [2.24, 2.45) is 0 Å². The molecule has 28 heavy (non-hydrogen) atoms. The van der Waals surface area contributed by atoms with Gasteiger partial charge in [-0.1, -0.05) is 24.3 Å². The lowest BCUT2D eigenvalue weighted by Gasteiger charge is -2.10. The van der Waals surface area contributed by atoms with Gasteiger partial charge in [-0.3, -0.25) is 4.79 Å². The fraction of sp³-hybridized carbons (Fsp3) is 0.0952. The first-order chi connectivity index (χ1) is 13.3. The van der Waals surface area contributed by atoms with Gasteiger partial charge >= 0.3 is 0 Å². The molecule has 0 unspecified atom stereocenters. The molecule has 7 heteroatoms. The molecule has 3 rings (SSSR count). The van der Waals surface area contributed by atoms with Gasteiger partial charge in [-0.2, -0.15) is 0 Å². The van der Waals surface area contributed by atoms with Crippen molar-refractivity contribution < 1.29 is 22.3 Å². The highest BCUT2D eigenvalue weighted by Crippen LogP contribution is 2.22. The number of sulfone groups is 1. The van der Waals surface area contributed by atoms with Gasteiger partial charge in [0.25, 0.3) is 5.91 Å². The van der Waals surface area contributed by atoms with Crippen LogP contribution in [-0.2, 0) is 16.4 Å². The van der Waals surface area contributed by atoms with E-state index < -0.39 is 15.7 Å². The molecule has 0 saturated carbocycles. The van der Waals surface area contributed by atoms with E-state index in [1.54, 1.807) is 36.4 Å². The Morgan fingerprint density at radius 1 is 0.929 bits per heavy atom. The van der Waals surface area contributed by atoms with Crippen LogP contribution >= 0.6 is 0 Å². The third-order valence-corrected chi connectivity index (χ3v) is 5.11. The molecule has 144 valence electrons. The first-order valence-electron chi connectivity index (χ1n) is 8.42. The van der Waals surface area contributed by atoms with Crippen LogP contribution in [0.4, 0.5) is 4.39 Å². The molecule has 0 fully saturated rings. The minimum atomic E-state index is -3.50. The molecule has 3 aromatic rings. The Hall–Kier alpha value is -3.19. The number of amides is 1. The first-order valence-corrected chi connectivity index (χ1v) is 10.3. The van der Waals surface area contributed by atoms with Crippen molar-refractivity contribution in [3.8, 4) is 11.5 Å². The number of halogens is 1. The molecule has 0 atom stereocenters. The van der Waals surface area contributed by atoms with E-state index >= 15 is 0 Å². The third-order valence-electron chi connectivity index (χ3n) is 3.96. The molecule has 0 aliphatic heterocycles. The summed E-state index contributed by atoms with van der Waals surface area (Å²) in [6, 6.07) is 18.8. The number of carbonyl (C=O) groups is 1. The van der Waals surface area contributed by atoms with E-state index in [2.05, 4.69) is 5.32 Å². The lowest BCUT2D eigenvalue weighted by Crippen LogP contribution is -2.24. The quantitative estimate of drug-likeness (QED) is 0.681. The van der Waals surface area contributed by atoms with Gasteiger partial charge in [0.1, 0.15) is 17.3 Å². The zero-order chi connectivity index (χ0) is 20.1. The van der Waals surface area contributed by atoms with Gasteiger partial charge in [-0.15, -0.1) is 0 Å². The predicted octanol–water partition coefficient (Wildman–Crippen LogP) is 3.95. The highest BCUT2D eigenvalue weighted by Gasteiger charge is 2.17. The van der Waals surface area contributed by atoms with Gasteiger partial charge in [0.15, 0.2) is 9.84 Å². The number of carbonyl (C=O) groups excluding carboxylic acids is 1. The van der Waals surface area contributed by atoms with Crippen molar-refractivity contribution in [3.05, 3.63) is 89.7 Å². The van der Waals surface area contributed by atoms with Crippen LogP contribution in [0.1, 0.15) is 15.9 Å². The fourth-order valence-corrected chi connectivity index (χ4v) is 3.46. The van der Waals surface area contributed by atoms with Crippen molar-refractivity contribution in [2.75, 3.05) is 6.26 Å². The van der Waals surface area contributed by atoms with E-state index in [0.29, 0.717) is 11.5 Å². The van der Waals surface area contributed by atoms with Crippen molar-refractivity contribution >= 4 is 15.7 Å². The van der Waals surface area contributed by atoms with E-state index in [9.17, 15) is 17.6 Å². The molecule has 0 heterocycles. The molecule has 0 bridgehead atoms. The summed E-state index contributed by atoms with van der Waals surface area (Å²) in [5.41, 5.74) is 0.929. The van der Waals surface area contributed by atoms with Crippen molar-refractivity contribution in [1.29, 1.82) is 0 Å². The molecule has 0 aromatic heterocycles. The van der Waals surface area contributed by atoms with Crippen LogP contribution < -0.4 is 10.1 Å². The molecular formula is C21H18FNO4S. The predicted molar refractivity (Wildman–Crippen MR) is 104 cm³/mol. The van der Waals surface area contributed by atoms with Gasteiger partial charge < -0.3 is 10.1 Å². The molecule has 0 aliphatic rings. The van der Waals surface area contributed by atoms with Crippen LogP contribution in [-0.4, -0.2) is 20.6 Å². The Morgan fingerprint density at radius 2 is 1.50 bits per heavy atom. The topological polar surface area (TPSA) is 72.5 Å². The number of hydrogen-bond acceptors (Lipinski definition) is 4. The Morgan fingerprint density at radius 3 is 2.11 bits per heavy atom. The van der Waals surface area contributed by atoms with Crippen LogP contribution in [0.25, 0.3) is 0 Å². The van der Waals surface area contributed by atoms with Gasteiger partial charge in [-0.05, 0) is 54.1 Å². The van der Waals surface area contributed by atoms with Gasteiger partial charge in [0.05, 0.1) is 10.5 Å². The zero-order valence-corrected chi connectivity index (χ0v) is 15.9. The Kier molecular flexibility index (Phi) is 5.75. The smallest absolute Gasteiger partial charge is 0.252 e. The average Bonchev–Trinajstić information content (AvgIpc) is 2.68. The number of hydrogen-bond donors (Lipinski definition) is 1. The molecule has 0 saturated heterocycles. The summed E-state index contributed by atoms with van der Waals surface area (Å²) in [5, 5.41) is 2.72. The highest BCUT2D eigenvalue weighted by atomic mass is 32.2. The lowest BCUT2D eigenvalue weighted by atomic mass is 10.2. The van der Waals surface area contributed by atoms with Crippen LogP contribution in [0.15, 0.2) is 77.7 Å². The molecule has 0 spiro atoms. The molecule has 0 aliphatic carbocycles.